The summed E-state index contributed by atoms with van der Waals surface area (Å²) in [6.07, 6.45) is 0. The van der Waals surface area contributed by atoms with Crippen LogP contribution in [0.2, 0.25) is 0 Å². The molecule has 1 aromatic heterocycles. The zero-order valence-corrected chi connectivity index (χ0v) is 9.33. The first-order chi connectivity index (χ1) is 8.40. The lowest BCUT2D eigenvalue weighted by Gasteiger charge is -2.05. The van der Waals surface area contributed by atoms with Crippen LogP contribution >= 0.6 is 0 Å². The molecule has 6 heteroatoms. The molecule has 0 saturated carbocycles. The molecule has 0 radical (unpaired) electrons. The third-order valence-electron chi connectivity index (χ3n) is 2.13. The van der Waals surface area contributed by atoms with Crippen molar-refractivity contribution in [3.63, 3.8) is 0 Å². The molecule has 0 unspecified atom stereocenters. The fourth-order valence-electron chi connectivity index (χ4n) is 1.36. The molecule has 0 aliphatic carbocycles. The molecule has 0 aliphatic rings. The van der Waals surface area contributed by atoms with Crippen LogP contribution in [-0.4, -0.2) is 46.7 Å². The summed E-state index contributed by atoms with van der Waals surface area (Å²) in [6, 6.07) is 7.56. The van der Waals surface area contributed by atoms with Gasteiger partial charge in [-0.05, 0) is 12.1 Å². The summed E-state index contributed by atoms with van der Waals surface area (Å²) >= 11 is 0. The highest BCUT2D eigenvalue weighted by atomic mass is 16.5. The Kier molecular flexibility index (Phi) is 4.17. The summed E-state index contributed by atoms with van der Waals surface area (Å²) in [5, 5.41) is 19.5. The van der Waals surface area contributed by atoms with Crippen molar-refractivity contribution in [1.29, 1.82) is 0 Å². The number of para-hydroxylation sites is 1. The highest BCUT2D eigenvalue weighted by Crippen LogP contribution is 2.08. The summed E-state index contributed by atoms with van der Waals surface area (Å²) in [6.45, 7) is 1.46. The molecule has 1 heterocycles. The number of hydrogen-bond acceptors (Lipinski definition) is 6. The van der Waals surface area contributed by atoms with Gasteiger partial charge in [-0.2, -0.15) is 0 Å². The van der Waals surface area contributed by atoms with Gasteiger partial charge in [-0.3, -0.25) is 0 Å². The van der Waals surface area contributed by atoms with Crippen LogP contribution in [0, 0.1) is 0 Å². The Morgan fingerprint density at radius 2 is 1.94 bits per heavy atom. The van der Waals surface area contributed by atoms with Crippen LogP contribution in [0.5, 0.6) is 0 Å². The lowest BCUT2D eigenvalue weighted by Crippen LogP contribution is -2.13. The second kappa shape index (κ2) is 6.07. The van der Waals surface area contributed by atoms with Crippen LogP contribution in [0.3, 0.4) is 0 Å². The Morgan fingerprint density at radius 3 is 2.76 bits per heavy atom. The largest absolute Gasteiger partial charge is 0.394 e. The molecule has 2 N–H and O–H groups in total. The standard InChI is InChI=1S/C11H14N4O2/c16-6-8-17-7-5-12-11-13-9-3-1-2-4-10(9)14-15-11/h1-4,16H,5-8H2,(H,12,13,15). The van der Waals surface area contributed by atoms with E-state index in [9.17, 15) is 0 Å². The van der Waals surface area contributed by atoms with Crippen molar-refractivity contribution in [2.45, 2.75) is 0 Å². The van der Waals surface area contributed by atoms with Gasteiger partial charge < -0.3 is 15.2 Å². The molecule has 6 nitrogen and oxygen atoms in total. The minimum absolute atomic E-state index is 0.0357. The maximum absolute atomic E-state index is 8.52. The molecule has 0 spiro atoms. The van der Waals surface area contributed by atoms with Crippen molar-refractivity contribution in [1.82, 2.24) is 15.2 Å². The Morgan fingerprint density at radius 1 is 1.12 bits per heavy atom. The van der Waals surface area contributed by atoms with Crippen molar-refractivity contribution in [2.24, 2.45) is 0 Å². The van der Waals surface area contributed by atoms with Crippen LogP contribution in [0.4, 0.5) is 5.95 Å². The van der Waals surface area contributed by atoms with E-state index in [-0.39, 0.29) is 6.61 Å². The quantitative estimate of drug-likeness (QED) is 0.706. The highest BCUT2D eigenvalue weighted by Gasteiger charge is 1.99. The minimum Gasteiger partial charge on any atom is -0.394 e. The Balaban J connectivity index is 1.90. The zero-order chi connectivity index (χ0) is 11.9. The molecule has 0 atom stereocenters. The molecule has 0 bridgehead atoms. The Bertz CT molecular complexity index is 478. The second-order valence-corrected chi connectivity index (χ2v) is 3.39. The number of anilines is 1. The molecule has 0 saturated heterocycles. The van der Waals surface area contributed by atoms with Crippen molar-refractivity contribution >= 4 is 17.0 Å². The first kappa shape index (κ1) is 11.7. The first-order valence-electron chi connectivity index (χ1n) is 5.42. The van der Waals surface area contributed by atoms with Gasteiger partial charge in [0.2, 0.25) is 5.95 Å². The lowest BCUT2D eigenvalue weighted by molar-refractivity contribution is 0.0991. The van der Waals surface area contributed by atoms with Gasteiger partial charge in [0.05, 0.1) is 25.3 Å². The summed E-state index contributed by atoms with van der Waals surface area (Å²) < 4.78 is 5.10. The Labute approximate surface area is 98.7 Å². The second-order valence-electron chi connectivity index (χ2n) is 3.39. The van der Waals surface area contributed by atoms with E-state index in [0.29, 0.717) is 25.7 Å². The van der Waals surface area contributed by atoms with Gasteiger partial charge in [0.1, 0.15) is 5.52 Å². The van der Waals surface area contributed by atoms with E-state index in [1.54, 1.807) is 0 Å². The number of benzene rings is 1. The third-order valence-corrected chi connectivity index (χ3v) is 2.13. The average molecular weight is 234 g/mol. The average Bonchev–Trinajstić information content (AvgIpc) is 2.38. The SMILES string of the molecule is OCCOCCNc1nnc2ccccc2n1. The minimum atomic E-state index is 0.0357. The van der Waals surface area contributed by atoms with Gasteiger partial charge >= 0.3 is 0 Å². The molecular formula is C11H14N4O2. The van der Waals surface area contributed by atoms with Crippen molar-refractivity contribution in [3.05, 3.63) is 24.3 Å². The van der Waals surface area contributed by atoms with E-state index < -0.39 is 0 Å². The summed E-state index contributed by atoms with van der Waals surface area (Å²) in [5.41, 5.74) is 1.58. The van der Waals surface area contributed by atoms with E-state index >= 15 is 0 Å². The maximum Gasteiger partial charge on any atom is 0.243 e. The predicted octanol–water partition coefficient (Wildman–Crippen LogP) is 0.446. The highest BCUT2D eigenvalue weighted by molar-refractivity contribution is 5.73. The number of nitrogens with one attached hydrogen (secondary N) is 1. The van der Waals surface area contributed by atoms with Gasteiger partial charge in [-0.1, -0.05) is 12.1 Å². The Hall–Kier alpha value is -1.79. The number of nitrogens with zero attached hydrogens (tertiary/aromatic N) is 3. The molecular weight excluding hydrogens is 220 g/mol. The van der Waals surface area contributed by atoms with Gasteiger partial charge in [0.25, 0.3) is 0 Å². The summed E-state index contributed by atoms with van der Waals surface area (Å²) in [7, 11) is 0. The monoisotopic (exact) mass is 234 g/mol. The van der Waals surface area contributed by atoms with Crippen LogP contribution in [0.1, 0.15) is 0 Å². The van der Waals surface area contributed by atoms with E-state index in [1.165, 1.54) is 0 Å². The fraction of sp³-hybridized carbons (Fsp3) is 0.364. The number of ether oxygens (including phenoxy) is 1. The zero-order valence-electron chi connectivity index (χ0n) is 9.33. The van der Waals surface area contributed by atoms with Crippen LogP contribution in [0.25, 0.3) is 11.0 Å². The van der Waals surface area contributed by atoms with E-state index in [2.05, 4.69) is 20.5 Å². The van der Waals surface area contributed by atoms with Gasteiger partial charge in [-0.15, -0.1) is 10.2 Å². The number of fused-ring (bicyclic) bond motifs is 1. The molecule has 0 aliphatic heterocycles. The lowest BCUT2D eigenvalue weighted by atomic mass is 10.3. The molecule has 0 fully saturated rings. The third kappa shape index (κ3) is 3.33. The number of aliphatic hydroxyl groups excluding tert-OH is 1. The van der Waals surface area contributed by atoms with E-state index in [4.69, 9.17) is 9.84 Å². The normalized spacial score (nSPS) is 10.6. The summed E-state index contributed by atoms with van der Waals surface area (Å²) in [5.74, 6) is 0.483. The molecule has 17 heavy (non-hydrogen) atoms. The van der Waals surface area contributed by atoms with Gasteiger partial charge in [0, 0.05) is 6.54 Å². The number of rotatable bonds is 6. The molecule has 2 aromatic rings. The molecule has 1 aromatic carbocycles. The van der Waals surface area contributed by atoms with E-state index in [1.807, 2.05) is 24.3 Å². The number of aliphatic hydroxyl groups is 1. The topological polar surface area (TPSA) is 80.2 Å². The van der Waals surface area contributed by atoms with Crippen molar-refractivity contribution in [3.8, 4) is 0 Å². The predicted molar refractivity (Wildman–Crippen MR) is 63.7 cm³/mol. The maximum atomic E-state index is 8.52. The van der Waals surface area contributed by atoms with Crippen LogP contribution in [-0.2, 0) is 4.74 Å². The van der Waals surface area contributed by atoms with Crippen molar-refractivity contribution in [2.75, 3.05) is 31.7 Å². The summed E-state index contributed by atoms with van der Waals surface area (Å²) in [4.78, 5) is 4.30. The first-order valence-corrected chi connectivity index (χ1v) is 5.42. The van der Waals surface area contributed by atoms with E-state index in [0.717, 1.165) is 11.0 Å². The van der Waals surface area contributed by atoms with Gasteiger partial charge in [0.15, 0.2) is 0 Å². The molecule has 2 rings (SSSR count). The molecule has 0 amide bonds. The van der Waals surface area contributed by atoms with Crippen LogP contribution in [0.15, 0.2) is 24.3 Å². The fourth-order valence-corrected chi connectivity index (χ4v) is 1.36. The number of aromatic nitrogens is 3. The van der Waals surface area contributed by atoms with Crippen molar-refractivity contribution < 1.29 is 9.84 Å². The smallest absolute Gasteiger partial charge is 0.243 e. The van der Waals surface area contributed by atoms with Crippen LogP contribution < -0.4 is 5.32 Å². The molecule has 90 valence electrons. The van der Waals surface area contributed by atoms with Gasteiger partial charge in [-0.25, -0.2) is 4.98 Å². The number of hydrogen-bond donors (Lipinski definition) is 2.